The maximum atomic E-state index is 13.5. The highest BCUT2D eigenvalue weighted by molar-refractivity contribution is 9.10. The molecule has 13 heteroatoms. The van der Waals surface area contributed by atoms with Crippen LogP contribution >= 0.6 is 15.9 Å². The molecule has 0 saturated heterocycles. The van der Waals surface area contributed by atoms with Gasteiger partial charge < -0.3 is 5.32 Å². The van der Waals surface area contributed by atoms with E-state index in [1.54, 1.807) is 6.26 Å². The molecule has 0 unspecified atom stereocenters. The molecule has 0 atom stereocenters. The smallest absolute Gasteiger partial charge is 0.364 e. The first-order chi connectivity index (χ1) is 12.3. The van der Waals surface area contributed by atoms with Crippen LogP contribution < -0.4 is 11.1 Å². The summed E-state index contributed by atoms with van der Waals surface area (Å²) in [6, 6.07) is 3.97. The van der Waals surface area contributed by atoms with Crippen molar-refractivity contribution >= 4 is 31.4 Å². The number of halogens is 2. The van der Waals surface area contributed by atoms with Gasteiger partial charge in [0.15, 0.2) is 5.69 Å². The van der Waals surface area contributed by atoms with E-state index in [9.17, 15) is 9.18 Å². The highest BCUT2D eigenvalue weighted by atomic mass is 79.9. The minimum absolute atomic E-state index is 0.0177. The number of benzene rings is 1. The van der Waals surface area contributed by atoms with Gasteiger partial charge in [0.05, 0.1) is 10.2 Å². The highest BCUT2D eigenvalue weighted by Crippen LogP contribution is 2.26. The van der Waals surface area contributed by atoms with Crippen molar-refractivity contribution in [3.63, 3.8) is 0 Å². The Morgan fingerprint density at radius 1 is 1.35 bits per heavy atom. The summed E-state index contributed by atoms with van der Waals surface area (Å²) in [5, 5.41) is 14.1. The van der Waals surface area contributed by atoms with E-state index in [-0.39, 0.29) is 21.8 Å². The molecule has 3 rings (SSSR count). The lowest BCUT2D eigenvalue weighted by Crippen LogP contribution is -2.15. The number of anilines is 1. The molecule has 2 heterocycles. The summed E-state index contributed by atoms with van der Waals surface area (Å²) in [5.41, 5.74) is 0.422. The Kier molecular flexibility index (Phi) is 4.91. The van der Waals surface area contributed by atoms with Crippen LogP contribution in [0.4, 0.5) is 10.2 Å². The standard InChI is InChI=1S/C13H13BrFN7O3S/c1-26(16,17)5-4-18-11-10(19-25-20-11)12-21-24-13(23)22(12)7-2-3-9(15)8(14)6-7/h2-3,6,16-17H,4-5H2,1H3,(H,18,20). The van der Waals surface area contributed by atoms with Gasteiger partial charge in [-0.25, -0.2) is 18.4 Å². The van der Waals surface area contributed by atoms with Crippen LogP contribution in [0.2, 0.25) is 0 Å². The fourth-order valence-corrected chi connectivity index (χ4v) is 2.95. The van der Waals surface area contributed by atoms with Crippen molar-refractivity contribution in [1.82, 2.24) is 20.0 Å². The second kappa shape index (κ2) is 6.99. The summed E-state index contributed by atoms with van der Waals surface area (Å²) in [7, 11) is -2.18. The lowest BCUT2D eigenvalue weighted by molar-refractivity contribution is 0.309. The zero-order chi connectivity index (χ0) is 18.9. The lowest BCUT2D eigenvalue weighted by atomic mass is 10.3. The summed E-state index contributed by atoms with van der Waals surface area (Å²) in [4.78, 5) is 12.1. The second-order valence-electron chi connectivity index (χ2n) is 5.39. The van der Waals surface area contributed by atoms with E-state index in [0.29, 0.717) is 18.0 Å². The van der Waals surface area contributed by atoms with Crippen molar-refractivity contribution in [2.75, 3.05) is 23.9 Å². The van der Waals surface area contributed by atoms with Crippen LogP contribution in [-0.2, 0) is 9.62 Å². The van der Waals surface area contributed by atoms with Gasteiger partial charge in [0.1, 0.15) is 5.82 Å². The molecular formula is C13H13BrFN7O3S. The summed E-state index contributed by atoms with van der Waals surface area (Å²) in [6.07, 6.45) is 1.54. The largest absolute Gasteiger partial charge is 0.446 e. The first kappa shape index (κ1) is 18.3. The van der Waals surface area contributed by atoms with Crippen molar-refractivity contribution in [3.05, 3.63) is 39.0 Å². The highest BCUT2D eigenvalue weighted by Gasteiger charge is 2.23. The number of aromatic nitrogens is 4. The summed E-state index contributed by atoms with van der Waals surface area (Å²) in [6.45, 7) is 0.296. The monoisotopic (exact) mass is 445 g/mol. The molecule has 138 valence electrons. The van der Waals surface area contributed by atoms with Gasteiger partial charge in [0.2, 0.25) is 11.6 Å². The molecule has 0 bridgehead atoms. The molecule has 2 aromatic heterocycles. The molecule has 26 heavy (non-hydrogen) atoms. The van der Waals surface area contributed by atoms with E-state index in [1.165, 1.54) is 18.2 Å². The number of rotatable bonds is 6. The summed E-state index contributed by atoms with van der Waals surface area (Å²) >= 11 is 3.06. The van der Waals surface area contributed by atoms with Gasteiger partial charge in [0, 0.05) is 18.6 Å². The van der Waals surface area contributed by atoms with Gasteiger partial charge in [-0.05, 0) is 44.4 Å². The topological polar surface area (TPSA) is 147 Å². The van der Waals surface area contributed by atoms with E-state index in [4.69, 9.17) is 18.7 Å². The van der Waals surface area contributed by atoms with Gasteiger partial charge in [-0.1, -0.05) is 14.8 Å². The van der Waals surface area contributed by atoms with E-state index < -0.39 is 21.2 Å². The Bertz CT molecular complexity index is 1110. The van der Waals surface area contributed by atoms with Gasteiger partial charge >= 0.3 is 5.76 Å². The molecule has 0 amide bonds. The van der Waals surface area contributed by atoms with Crippen molar-refractivity contribution in [3.8, 4) is 17.2 Å². The maximum Gasteiger partial charge on any atom is 0.446 e. The molecule has 0 radical (unpaired) electrons. The first-order valence-corrected chi connectivity index (χ1v) is 10.1. The minimum atomic E-state index is -2.18. The first-order valence-electron chi connectivity index (χ1n) is 7.12. The second-order valence-corrected chi connectivity index (χ2v) is 8.82. The van der Waals surface area contributed by atoms with E-state index in [2.05, 4.69) is 36.7 Å². The Hall–Kier alpha value is -2.54. The zero-order valence-electron chi connectivity index (χ0n) is 13.3. The van der Waals surface area contributed by atoms with Gasteiger partial charge in [-0.3, -0.25) is 14.1 Å². The third kappa shape index (κ3) is 3.83. The number of hydrogen-bond donors (Lipinski definition) is 3. The van der Waals surface area contributed by atoms with Crippen molar-refractivity contribution in [2.45, 2.75) is 0 Å². The molecule has 0 fully saturated rings. The Morgan fingerprint density at radius 3 is 2.81 bits per heavy atom. The summed E-state index contributed by atoms with van der Waals surface area (Å²) in [5.74, 6) is -0.764. The van der Waals surface area contributed by atoms with Crippen molar-refractivity contribution < 1.29 is 13.5 Å². The van der Waals surface area contributed by atoms with Crippen LogP contribution in [0.1, 0.15) is 0 Å². The van der Waals surface area contributed by atoms with E-state index in [1.807, 2.05) is 0 Å². The molecule has 0 saturated carbocycles. The molecule has 3 N–H and O–H groups in total. The molecular weight excluding hydrogens is 433 g/mol. The SMILES string of the molecule is CS(=N)(=N)CCNc1nonc1-c1noc(=O)n1-c1ccc(F)c(Br)c1. The molecule has 3 aromatic rings. The van der Waals surface area contributed by atoms with Crippen LogP contribution in [0, 0.1) is 15.4 Å². The van der Waals surface area contributed by atoms with Crippen LogP contribution in [0.15, 0.2) is 36.6 Å². The minimum Gasteiger partial charge on any atom is -0.364 e. The Morgan fingerprint density at radius 2 is 2.12 bits per heavy atom. The lowest BCUT2D eigenvalue weighted by Gasteiger charge is -2.07. The Labute approximate surface area is 154 Å². The van der Waals surface area contributed by atoms with Crippen LogP contribution in [0.3, 0.4) is 0 Å². The fourth-order valence-electron chi connectivity index (χ4n) is 2.08. The zero-order valence-corrected chi connectivity index (χ0v) is 15.7. The van der Waals surface area contributed by atoms with Crippen molar-refractivity contribution in [1.29, 1.82) is 9.56 Å². The molecule has 10 nitrogen and oxygen atoms in total. The predicted octanol–water partition coefficient (Wildman–Crippen LogP) is 2.50. The van der Waals surface area contributed by atoms with Gasteiger partial charge in [-0.2, -0.15) is 0 Å². The van der Waals surface area contributed by atoms with Gasteiger partial charge in [-0.15, -0.1) is 0 Å². The predicted molar refractivity (Wildman–Crippen MR) is 95.1 cm³/mol. The molecule has 1 aromatic carbocycles. The van der Waals surface area contributed by atoms with Crippen LogP contribution in [-0.4, -0.2) is 38.6 Å². The van der Waals surface area contributed by atoms with E-state index in [0.717, 1.165) is 4.57 Å². The normalized spacial score (nSPS) is 11.7. The molecule has 0 aliphatic carbocycles. The number of nitrogens with one attached hydrogen (secondary N) is 3. The van der Waals surface area contributed by atoms with Crippen LogP contribution in [0.25, 0.3) is 17.2 Å². The number of nitrogens with zero attached hydrogens (tertiary/aromatic N) is 4. The molecule has 0 aliphatic heterocycles. The summed E-state index contributed by atoms with van der Waals surface area (Å²) < 4.78 is 39.4. The average Bonchev–Trinajstić information content (AvgIpc) is 3.15. The fraction of sp³-hybridized carbons (Fsp3) is 0.231. The maximum absolute atomic E-state index is 13.5. The van der Waals surface area contributed by atoms with E-state index >= 15 is 0 Å². The van der Waals surface area contributed by atoms with Gasteiger partial charge in [0.25, 0.3) is 0 Å². The molecule has 0 spiro atoms. The third-order valence-electron chi connectivity index (χ3n) is 3.27. The third-order valence-corrected chi connectivity index (χ3v) is 4.90. The number of hydrogen-bond acceptors (Lipinski definition) is 9. The average molecular weight is 446 g/mol. The molecule has 0 aliphatic rings. The Balaban J connectivity index is 1.98. The van der Waals surface area contributed by atoms with Crippen LogP contribution in [0.5, 0.6) is 0 Å². The van der Waals surface area contributed by atoms with Crippen molar-refractivity contribution in [2.24, 2.45) is 0 Å². The quantitative estimate of drug-likeness (QED) is 0.527.